The fourth-order valence-corrected chi connectivity index (χ4v) is 4.86. The van der Waals surface area contributed by atoms with E-state index in [0.29, 0.717) is 23.6 Å². The highest BCUT2D eigenvalue weighted by molar-refractivity contribution is 9.10. The molecule has 0 atom stereocenters. The maximum Gasteiger partial charge on any atom is 0.261 e. The first-order chi connectivity index (χ1) is 14.6. The number of piperidine rings is 1. The van der Waals surface area contributed by atoms with Gasteiger partial charge in [-0.05, 0) is 87.1 Å². The number of halogens is 1. The van der Waals surface area contributed by atoms with Gasteiger partial charge < -0.3 is 9.64 Å². The summed E-state index contributed by atoms with van der Waals surface area (Å²) in [6.45, 7) is 3.54. The van der Waals surface area contributed by atoms with Gasteiger partial charge in [-0.15, -0.1) is 0 Å². The zero-order valence-corrected chi connectivity index (χ0v) is 18.9. The van der Waals surface area contributed by atoms with E-state index in [0.717, 1.165) is 55.5 Å². The second-order valence-corrected chi connectivity index (χ2v) is 8.96. The molecule has 158 valence electrons. The first-order valence-electron chi connectivity index (χ1n) is 10.6. The zero-order chi connectivity index (χ0) is 21.1. The summed E-state index contributed by atoms with van der Waals surface area (Å²) in [5, 5.41) is 0. The average Bonchev–Trinajstić information content (AvgIpc) is 3.01. The monoisotopic (exact) mass is 470 g/mol. The normalized spacial score (nSPS) is 17.5. The third kappa shape index (κ3) is 4.44. The molecule has 0 N–H and O–H groups in total. The van der Waals surface area contributed by atoms with E-state index in [1.54, 1.807) is 19.2 Å². The van der Waals surface area contributed by atoms with Crippen molar-refractivity contribution in [2.75, 3.05) is 33.3 Å². The summed E-state index contributed by atoms with van der Waals surface area (Å²) in [4.78, 5) is 28.8. The summed E-state index contributed by atoms with van der Waals surface area (Å²) >= 11 is 3.66. The quantitative estimate of drug-likeness (QED) is 0.562. The standard InChI is InChI=1S/C24H27BrN2O3/c1-30-19-7-8-22(25)18(16-19)15-17-9-13-26(14-10-17)11-4-12-27-23(28)20-5-2-3-6-21(20)24(27)29/h2-3,5-8,16-17H,4,9-15H2,1H3. The Balaban J connectivity index is 1.23. The van der Waals surface area contributed by atoms with Gasteiger partial charge in [0.1, 0.15) is 5.75 Å². The van der Waals surface area contributed by atoms with Crippen LogP contribution in [0.1, 0.15) is 45.5 Å². The molecule has 4 rings (SSSR count). The van der Waals surface area contributed by atoms with E-state index in [4.69, 9.17) is 4.74 Å². The van der Waals surface area contributed by atoms with Gasteiger partial charge in [0, 0.05) is 11.0 Å². The van der Waals surface area contributed by atoms with Crippen molar-refractivity contribution in [3.63, 3.8) is 0 Å². The highest BCUT2D eigenvalue weighted by atomic mass is 79.9. The maximum atomic E-state index is 12.5. The molecule has 2 aromatic carbocycles. The Labute approximate surface area is 186 Å². The molecular weight excluding hydrogens is 444 g/mol. The number of carbonyl (C=O) groups excluding carboxylic acids is 2. The van der Waals surface area contributed by atoms with Crippen molar-refractivity contribution >= 4 is 27.7 Å². The van der Waals surface area contributed by atoms with Crippen LogP contribution in [0.4, 0.5) is 0 Å². The van der Waals surface area contributed by atoms with Crippen molar-refractivity contribution in [2.24, 2.45) is 5.92 Å². The van der Waals surface area contributed by atoms with Crippen LogP contribution in [0.2, 0.25) is 0 Å². The lowest BCUT2D eigenvalue weighted by atomic mass is 9.90. The molecule has 0 unspecified atom stereocenters. The third-order valence-corrected chi connectivity index (χ3v) is 6.98. The first kappa shape index (κ1) is 21.1. The fraction of sp³-hybridized carbons (Fsp3) is 0.417. The number of fused-ring (bicyclic) bond motifs is 1. The van der Waals surface area contributed by atoms with Crippen LogP contribution < -0.4 is 4.74 Å². The lowest BCUT2D eigenvalue weighted by molar-refractivity contribution is 0.0644. The molecule has 6 heteroatoms. The van der Waals surface area contributed by atoms with Crippen LogP contribution in [-0.2, 0) is 6.42 Å². The van der Waals surface area contributed by atoms with Gasteiger partial charge >= 0.3 is 0 Å². The summed E-state index contributed by atoms with van der Waals surface area (Å²) in [7, 11) is 1.70. The minimum absolute atomic E-state index is 0.154. The van der Waals surface area contributed by atoms with Crippen LogP contribution in [0, 0.1) is 5.92 Å². The smallest absolute Gasteiger partial charge is 0.261 e. The number of hydrogen-bond acceptors (Lipinski definition) is 4. The molecule has 2 amide bonds. The Morgan fingerprint density at radius 1 is 1.00 bits per heavy atom. The molecule has 5 nitrogen and oxygen atoms in total. The van der Waals surface area contributed by atoms with Crippen LogP contribution >= 0.6 is 15.9 Å². The van der Waals surface area contributed by atoms with Crippen molar-refractivity contribution in [3.8, 4) is 5.75 Å². The van der Waals surface area contributed by atoms with Gasteiger partial charge in [0.05, 0.1) is 18.2 Å². The van der Waals surface area contributed by atoms with Crippen molar-refractivity contribution in [2.45, 2.75) is 25.7 Å². The van der Waals surface area contributed by atoms with E-state index in [-0.39, 0.29) is 11.8 Å². The second kappa shape index (κ2) is 9.31. The van der Waals surface area contributed by atoms with Crippen LogP contribution in [0.3, 0.4) is 0 Å². The molecule has 2 aromatic rings. The van der Waals surface area contributed by atoms with Gasteiger partial charge in [-0.2, -0.15) is 0 Å². The van der Waals surface area contributed by atoms with Crippen LogP contribution in [0.15, 0.2) is 46.9 Å². The van der Waals surface area contributed by atoms with Gasteiger partial charge in [0.25, 0.3) is 11.8 Å². The number of methoxy groups -OCH3 is 1. The van der Waals surface area contributed by atoms with E-state index in [1.807, 2.05) is 18.2 Å². The Hall–Kier alpha value is -2.18. The lowest BCUT2D eigenvalue weighted by Crippen LogP contribution is -2.37. The van der Waals surface area contributed by atoms with Crippen molar-refractivity contribution < 1.29 is 14.3 Å². The Kier molecular flexibility index (Phi) is 6.54. The van der Waals surface area contributed by atoms with Gasteiger partial charge in [0.15, 0.2) is 0 Å². The van der Waals surface area contributed by atoms with Gasteiger partial charge in [-0.25, -0.2) is 0 Å². The molecule has 0 bridgehead atoms. The SMILES string of the molecule is COc1ccc(Br)c(CC2CCN(CCCN3C(=O)c4ccccc4C3=O)CC2)c1. The highest BCUT2D eigenvalue weighted by Gasteiger charge is 2.34. The van der Waals surface area contributed by atoms with Crippen LogP contribution in [0.25, 0.3) is 0 Å². The van der Waals surface area contributed by atoms with Gasteiger partial charge in [0.2, 0.25) is 0 Å². The molecule has 0 spiro atoms. The van der Waals surface area contributed by atoms with Crippen molar-refractivity contribution in [3.05, 3.63) is 63.6 Å². The van der Waals surface area contributed by atoms with Crippen molar-refractivity contribution in [1.29, 1.82) is 0 Å². The lowest BCUT2D eigenvalue weighted by Gasteiger charge is -2.32. The van der Waals surface area contributed by atoms with Crippen LogP contribution in [0.5, 0.6) is 5.75 Å². The number of ether oxygens (including phenoxy) is 1. The maximum absolute atomic E-state index is 12.5. The first-order valence-corrected chi connectivity index (χ1v) is 11.4. The molecule has 1 saturated heterocycles. The van der Waals surface area contributed by atoms with Gasteiger partial charge in [-0.1, -0.05) is 28.1 Å². The topological polar surface area (TPSA) is 49.9 Å². The molecule has 0 aromatic heterocycles. The Bertz CT molecular complexity index is 903. The number of carbonyl (C=O) groups is 2. The highest BCUT2D eigenvalue weighted by Crippen LogP contribution is 2.29. The molecular formula is C24H27BrN2O3. The molecule has 30 heavy (non-hydrogen) atoms. The minimum Gasteiger partial charge on any atom is -0.497 e. The molecule has 2 aliphatic heterocycles. The number of likely N-dealkylation sites (tertiary alicyclic amines) is 1. The number of imide groups is 1. The third-order valence-electron chi connectivity index (χ3n) is 6.20. The van der Waals surface area contributed by atoms with E-state index < -0.39 is 0 Å². The summed E-state index contributed by atoms with van der Waals surface area (Å²) in [6.07, 6.45) is 4.20. The predicted molar refractivity (Wildman–Crippen MR) is 120 cm³/mol. The summed E-state index contributed by atoms with van der Waals surface area (Å²) in [5.74, 6) is 1.26. The summed E-state index contributed by atoms with van der Waals surface area (Å²) in [6, 6.07) is 13.2. The number of rotatable bonds is 7. The molecule has 0 radical (unpaired) electrons. The number of benzene rings is 2. The van der Waals surface area contributed by atoms with E-state index in [1.165, 1.54) is 10.5 Å². The summed E-state index contributed by atoms with van der Waals surface area (Å²) < 4.78 is 6.50. The van der Waals surface area contributed by atoms with Crippen molar-refractivity contribution in [1.82, 2.24) is 9.80 Å². The van der Waals surface area contributed by atoms with E-state index in [9.17, 15) is 9.59 Å². The predicted octanol–water partition coefficient (Wildman–Crippen LogP) is 4.40. The fourth-order valence-electron chi connectivity index (χ4n) is 4.45. The van der Waals surface area contributed by atoms with E-state index in [2.05, 4.69) is 33.0 Å². The van der Waals surface area contributed by atoms with E-state index >= 15 is 0 Å². The largest absolute Gasteiger partial charge is 0.497 e. The molecule has 0 saturated carbocycles. The summed E-state index contributed by atoms with van der Waals surface area (Å²) in [5.41, 5.74) is 2.37. The average molecular weight is 471 g/mol. The van der Waals surface area contributed by atoms with Crippen LogP contribution in [-0.4, -0.2) is 54.9 Å². The number of amides is 2. The Morgan fingerprint density at radius 3 is 2.30 bits per heavy atom. The minimum atomic E-state index is -0.154. The molecule has 0 aliphatic carbocycles. The Morgan fingerprint density at radius 2 is 1.67 bits per heavy atom. The zero-order valence-electron chi connectivity index (χ0n) is 17.3. The van der Waals surface area contributed by atoms with Gasteiger partial charge in [-0.3, -0.25) is 14.5 Å². The molecule has 2 heterocycles. The number of hydrogen-bond donors (Lipinski definition) is 0. The number of nitrogens with zero attached hydrogens (tertiary/aromatic N) is 2. The molecule has 2 aliphatic rings. The second-order valence-electron chi connectivity index (χ2n) is 8.11. The molecule has 1 fully saturated rings.